The molecular weight excluding hydrogens is 458 g/mol. The van der Waals surface area contributed by atoms with Crippen LogP contribution in [0.4, 0.5) is 5.82 Å². The summed E-state index contributed by atoms with van der Waals surface area (Å²) < 4.78 is 6.32. The van der Waals surface area contributed by atoms with Gasteiger partial charge in [0.05, 0.1) is 5.56 Å². The number of anilines is 1. The summed E-state index contributed by atoms with van der Waals surface area (Å²) >= 11 is 3.47. The number of rotatable bonds is 4. The number of halogens is 1. The van der Waals surface area contributed by atoms with Gasteiger partial charge in [0.1, 0.15) is 5.82 Å². The summed E-state index contributed by atoms with van der Waals surface area (Å²) in [5.74, 6) is 2.72. The molecule has 8 heteroatoms. The van der Waals surface area contributed by atoms with E-state index >= 15 is 0 Å². The first-order chi connectivity index (χ1) is 15.2. The van der Waals surface area contributed by atoms with Gasteiger partial charge in [-0.2, -0.15) is 4.98 Å². The predicted molar refractivity (Wildman–Crippen MR) is 121 cm³/mol. The van der Waals surface area contributed by atoms with Crippen molar-refractivity contribution in [2.75, 3.05) is 31.1 Å². The lowest BCUT2D eigenvalue weighted by Gasteiger charge is -2.35. The van der Waals surface area contributed by atoms with Crippen LogP contribution in [0.15, 0.2) is 51.6 Å². The van der Waals surface area contributed by atoms with Gasteiger partial charge in [-0.1, -0.05) is 30.1 Å². The third-order valence-corrected chi connectivity index (χ3v) is 6.84. The van der Waals surface area contributed by atoms with Crippen molar-refractivity contribution in [1.82, 2.24) is 20.0 Å². The van der Waals surface area contributed by atoms with Crippen molar-refractivity contribution < 1.29 is 9.32 Å². The van der Waals surface area contributed by atoms with Crippen LogP contribution in [0.5, 0.6) is 0 Å². The van der Waals surface area contributed by atoms with Gasteiger partial charge in [-0.05, 0) is 53.0 Å². The summed E-state index contributed by atoms with van der Waals surface area (Å²) in [7, 11) is 0. The van der Waals surface area contributed by atoms with Crippen molar-refractivity contribution in [2.24, 2.45) is 0 Å². The maximum atomic E-state index is 12.8. The van der Waals surface area contributed by atoms with E-state index in [1.165, 1.54) is 12.8 Å². The van der Waals surface area contributed by atoms with E-state index in [2.05, 4.69) is 36.0 Å². The standard InChI is InChI=1S/C23H24BrN5O2/c24-19-8-4-3-7-18(19)23(30)29-13-11-28(12-14-29)20-10-9-17(15-25-20)21-26-22(31-27-21)16-5-1-2-6-16/h3-4,7-10,15-16H,1-2,5-6,11-14H2. The van der Waals surface area contributed by atoms with Crippen molar-refractivity contribution >= 4 is 27.7 Å². The van der Waals surface area contributed by atoms with Gasteiger partial charge in [0.15, 0.2) is 0 Å². The highest BCUT2D eigenvalue weighted by Crippen LogP contribution is 2.34. The van der Waals surface area contributed by atoms with Gasteiger partial charge in [-0.15, -0.1) is 0 Å². The number of carbonyl (C=O) groups excluding carboxylic acids is 1. The summed E-state index contributed by atoms with van der Waals surface area (Å²) in [5.41, 5.74) is 1.56. The fourth-order valence-corrected chi connectivity index (χ4v) is 4.79. The summed E-state index contributed by atoms with van der Waals surface area (Å²) in [6.07, 6.45) is 6.54. The Morgan fingerprint density at radius 2 is 1.81 bits per heavy atom. The minimum atomic E-state index is 0.0607. The highest BCUT2D eigenvalue weighted by atomic mass is 79.9. The van der Waals surface area contributed by atoms with Crippen molar-refractivity contribution in [3.63, 3.8) is 0 Å². The van der Waals surface area contributed by atoms with Gasteiger partial charge in [-0.3, -0.25) is 4.79 Å². The quantitative estimate of drug-likeness (QED) is 0.545. The van der Waals surface area contributed by atoms with Gasteiger partial charge in [0, 0.05) is 48.3 Å². The van der Waals surface area contributed by atoms with Crippen LogP contribution in [0.2, 0.25) is 0 Å². The van der Waals surface area contributed by atoms with Crippen LogP contribution in [0, 0.1) is 0 Å². The Morgan fingerprint density at radius 3 is 2.52 bits per heavy atom. The van der Waals surface area contributed by atoms with Gasteiger partial charge in [-0.25, -0.2) is 4.98 Å². The Bertz CT molecular complexity index is 1050. The third kappa shape index (κ3) is 4.21. The second-order valence-electron chi connectivity index (χ2n) is 8.10. The normalized spacial score (nSPS) is 17.3. The summed E-state index contributed by atoms with van der Waals surface area (Å²) in [4.78, 5) is 26.1. The molecule has 1 aromatic carbocycles. The topological polar surface area (TPSA) is 75.4 Å². The van der Waals surface area contributed by atoms with Gasteiger partial charge >= 0.3 is 0 Å². The molecule has 1 aliphatic carbocycles. The molecule has 1 aliphatic heterocycles. The zero-order valence-electron chi connectivity index (χ0n) is 17.2. The monoisotopic (exact) mass is 481 g/mol. The van der Waals surface area contributed by atoms with Crippen LogP contribution in [0.3, 0.4) is 0 Å². The third-order valence-electron chi connectivity index (χ3n) is 6.15. The number of hydrogen-bond acceptors (Lipinski definition) is 6. The molecule has 5 rings (SSSR count). The summed E-state index contributed by atoms with van der Waals surface area (Å²) in [6.45, 7) is 2.82. The number of amides is 1. The summed E-state index contributed by atoms with van der Waals surface area (Å²) in [5, 5.41) is 4.15. The lowest BCUT2D eigenvalue weighted by molar-refractivity contribution is 0.0745. The number of carbonyl (C=O) groups is 1. The Hall–Kier alpha value is -2.74. The number of piperazine rings is 1. The molecular formula is C23H24BrN5O2. The maximum Gasteiger partial charge on any atom is 0.255 e. The minimum Gasteiger partial charge on any atom is -0.353 e. The van der Waals surface area contributed by atoms with E-state index in [9.17, 15) is 4.79 Å². The van der Waals surface area contributed by atoms with Crippen molar-refractivity contribution in [1.29, 1.82) is 0 Å². The van der Waals surface area contributed by atoms with Crippen LogP contribution in [0.25, 0.3) is 11.4 Å². The van der Waals surface area contributed by atoms with Gasteiger partial charge in [0.2, 0.25) is 11.7 Å². The highest BCUT2D eigenvalue weighted by Gasteiger charge is 2.25. The van der Waals surface area contributed by atoms with E-state index in [0.29, 0.717) is 30.4 Å². The molecule has 3 aromatic rings. The van der Waals surface area contributed by atoms with E-state index in [0.717, 1.165) is 47.7 Å². The highest BCUT2D eigenvalue weighted by molar-refractivity contribution is 9.10. The fraction of sp³-hybridized carbons (Fsp3) is 0.391. The molecule has 160 valence electrons. The van der Waals surface area contributed by atoms with Crippen molar-refractivity contribution in [2.45, 2.75) is 31.6 Å². The fourth-order valence-electron chi connectivity index (χ4n) is 4.34. The smallest absolute Gasteiger partial charge is 0.255 e. The van der Waals surface area contributed by atoms with Crippen molar-refractivity contribution in [3.8, 4) is 11.4 Å². The second kappa shape index (κ2) is 8.78. The van der Waals surface area contributed by atoms with Crippen LogP contribution >= 0.6 is 15.9 Å². The van der Waals surface area contributed by atoms with E-state index < -0.39 is 0 Å². The Morgan fingerprint density at radius 1 is 1.03 bits per heavy atom. The summed E-state index contributed by atoms with van der Waals surface area (Å²) in [6, 6.07) is 11.5. The molecule has 1 saturated heterocycles. The van der Waals surface area contributed by atoms with E-state index in [-0.39, 0.29) is 5.91 Å². The van der Waals surface area contributed by atoms with Crippen LogP contribution in [-0.4, -0.2) is 52.1 Å². The number of aromatic nitrogens is 3. The van der Waals surface area contributed by atoms with Crippen LogP contribution in [0.1, 0.15) is 47.8 Å². The maximum absolute atomic E-state index is 12.8. The van der Waals surface area contributed by atoms with E-state index in [1.807, 2.05) is 41.3 Å². The average molecular weight is 482 g/mol. The van der Waals surface area contributed by atoms with Crippen molar-refractivity contribution in [3.05, 3.63) is 58.5 Å². The first kappa shape index (κ1) is 20.2. The zero-order chi connectivity index (χ0) is 21.2. The molecule has 3 heterocycles. The molecule has 0 N–H and O–H groups in total. The molecule has 1 amide bonds. The molecule has 2 aliphatic rings. The van der Waals surface area contributed by atoms with E-state index in [4.69, 9.17) is 4.52 Å². The Balaban J connectivity index is 1.21. The SMILES string of the molecule is O=C(c1ccccc1Br)N1CCN(c2ccc(-c3noc(C4CCCC4)n3)cn2)CC1. The Labute approximate surface area is 189 Å². The second-order valence-corrected chi connectivity index (χ2v) is 8.96. The molecule has 0 radical (unpaired) electrons. The first-order valence-electron chi connectivity index (χ1n) is 10.8. The lowest BCUT2D eigenvalue weighted by Crippen LogP contribution is -2.49. The Kier molecular flexibility index (Phi) is 5.72. The number of hydrogen-bond donors (Lipinski definition) is 0. The largest absolute Gasteiger partial charge is 0.353 e. The minimum absolute atomic E-state index is 0.0607. The molecule has 1 saturated carbocycles. The molecule has 31 heavy (non-hydrogen) atoms. The number of nitrogens with zero attached hydrogens (tertiary/aromatic N) is 5. The lowest BCUT2D eigenvalue weighted by atomic mass is 10.1. The van der Waals surface area contributed by atoms with E-state index in [1.54, 1.807) is 6.20 Å². The molecule has 0 bridgehead atoms. The van der Waals surface area contributed by atoms with Gasteiger partial charge in [0.25, 0.3) is 5.91 Å². The van der Waals surface area contributed by atoms with Gasteiger partial charge < -0.3 is 14.3 Å². The number of benzene rings is 1. The first-order valence-corrected chi connectivity index (χ1v) is 11.6. The molecule has 7 nitrogen and oxygen atoms in total. The molecule has 0 spiro atoms. The molecule has 0 unspecified atom stereocenters. The molecule has 0 atom stereocenters. The molecule has 2 fully saturated rings. The zero-order valence-corrected chi connectivity index (χ0v) is 18.8. The average Bonchev–Trinajstić information content (AvgIpc) is 3.51. The number of pyridine rings is 1. The van der Waals surface area contributed by atoms with Crippen LogP contribution < -0.4 is 4.90 Å². The molecule has 2 aromatic heterocycles. The van der Waals surface area contributed by atoms with Crippen LogP contribution in [-0.2, 0) is 0 Å². The predicted octanol–water partition coefficient (Wildman–Crippen LogP) is 4.51.